The van der Waals surface area contributed by atoms with Crippen molar-refractivity contribution in [3.05, 3.63) is 35.9 Å². The van der Waals surface area contributed by atoms with E-state index in [1.807, 2.05) is 30.3 Å². The zero-order valence-corrected chi connectivity index (χ0v) is 17.5. The van der Waals surface area contributed by atoms with Gasteiger partial charge >= 0.3 is 6.09 Å². The second-order valence-electron chi connectivity index (χ2n) is 7.40. The summed E-state index contributed by atoms with van der Waals surface area (Å²) in [5, 5.41) is 17.3. The summed E-state index contributed by atoms with van der Waals surface area (Å²) in [6.45, 7) is 2.05. The van der Waals surface area contributed by atoms with Crippen LogP contribution in [0.3, 0.4) is 0 Å². The summed E-state index contributed by atoms with van der Waals surface area (Å²) >= 11 is 0. The first-order chi connectivity index (χ1) is 13.6. The average molecular weight is 428 g/mol. The maximum Gasteiger partial charge on any atom is 0.407 e. The van der Waals surface area contributed by atoms with Crippen LogP contribution in [0.5, 0.6) is 0 Å². The molecule has 1 aromatic carbocycles. The molecule has 1 heterocycles. The highest BCUT2D eigenvalue weighted by Crippen LogP contribution is 2.26. The molecule has 4 N–H and O–H groups in total. The lowest BCUT2D eigenvalue weighted by molar-refractivity contribution is -0.131. The fourth-order valence-electron chi connectivity index (χ4n) is 3.88. The minimum absolute atomic E-state index is 0.304. The number of nitrogens with two attached hydrogens (primary N) is 1. The van der Waals surface area contributed by atoms with E-state index in [-0.39, 0.29) is 0 Å². The van der Waals surface area contributed by atoms with Gasteiger partial charge in [-0.15, -0.1) is 0 Å². The van der Waals surface area contributed by atoms with Gasteiger partial charge in [-0.05, 0) is 24.8 Å². The smallest absolute Gasteiger partial charge is 0.407 e. The molecule has 9 nitrogen and oxygen atoms in total. The minimum atomic E-state index is -3.81. The average Bonchev–Trinajstić information content (AvgIpc) is 3.11. The standard InChI is InChI=1S/C19H29N3O6S/c1-13(17(28-2)16-9-6-10-22(16)19(24)25)18(23)21-15(12-29(20,26)27)11-14-7-4-3-5-8-14/h3-5,7-8,13,15-17H,6,9-12H2,1-2H3,(H,21,23)(H,24,25)(H2,20,26,27)/t13-,15+,16?,17-/m1/s1. The van der Waals surface area contributed by atoms with E-state index >= 15 is 0 Å². The number of hydrogen-bond acceptors (Lipinski definition) is 5. The topological polar surface area (TPSA) is 139 Å². The van der Waals surface area contributed by atoms with E-state index < -0.39 is 51.9 Å². The van der Waals surface area contributed by atoms with Gasteiger partial charge in [0.2, 0.25) is 15.9 Å². The number of ether oxygens (including phenoxy) is 1. The fourth-order valence-corrected chi connectivity index (χ4v) is 4.64. The van der Waals surface area contributed by atoms with E-state index in [9.17, 15) is 23.1 Å². The van der Waals surface area contributed by atoms with Crippen molar-refractivity contribution in [3.63, 3.8) is 0 Å². The predicted molar refractivity (Wildman–Crippen MR) is 108 cm³/mol. The first-order valence-corrected chi connectivity index (χ1v) is 11.2. The van der Waals surface area contributed by atoms with Crippen LogP contribution >= 0.6 is 0 Å². The van der Waals surface area contributed by atoms with Crippen molar-refractivity contribution in [2.75, 3.05) is 19.4 Å². The van der Waals surface area contributed by atoms with Crippen molar-refractivity contribution in [2.24, 2.45) is 11.1 Å². The maximum atomic E-state index is 12.9. The molecule has 1 saturated heterocycles. The Kier molecular flexibility index (Phi) is 8.00. The molecule has 0 spiro atoms. The van der Waals surface area contributed by atoms with Crippen LogP contribution in [0.15, 0.2) is 30.3 Å². The van der Waals surface area contributed by atoms with Crippen LogP contribution in [-0.2, 0) is 26.0 Å². The third kappa shape index (κ3) is 6.69. The summed E-state index contributed by atoms with van der Waals surface area (Å²) in [6.07, 6.45) is -0.0722. The first-order valence-electron chi connectivity index (χ1n) is 9.49. The highest BCUT2D eigenvalue weighted by molar-refractivity contribution is 7.89. The zero-order chi connectivity index (χ0) is 21.6. The van der Waals surface area contributed by atoms with E-state index in [0.717, 1.165) is 5.56 Å². The van der Waals surface area contributed by atoms with Crippen molar-refractivity contribution >= 4 is 22.0 Å². The van der Waals surface area contributed by atoms with Crippen LogP contribution in [0.4, 0.5) is 4.79 Å². The summed E-state index contributed by atoms with van der Waals surface area (Å²) < 4.78 is 28.7. The van der Waals surface area contributed by atoms with E-state index in [1.54, 1.807) is 6.92 Å². The van der Waals surface area contributed by atoms with E-state index in [2.05, 4.69) is 5.32 Å². The molecular weight excluding hydrogens is 398 g/mol. The van der Waals surface area contributed by atoms with Gasteiger partial charge in [-0.1, -0.05) is 37.3 Å². The number of nitrogens with one attached hydrogen (secondary N) is 1. The van der Waals surface area contributed by atoms with Gasteiger partial charge in [0.15, 0.2) is 0 Å². The lowest BCUT2D eigenvalue weighted by Gasteiger charge is -2.33. The maximum absolute atomic E-state index is 12.9. The molecule has 0 saturated carbocycles. The van der Waals surface area contributed by atoms with E-state index in [0.29, 0.717) is 25.8 Å². The number of rotatable bonds is 9. The van der Waals surface area contributed by atoms with Crippen molar-refractivity contribution < 1.29 is 27.9 Å². The summed E-state index contributed by atoms with van der Waals surface area (Å²) in [6, 6.07) is 8.05. The van der Waals surface area contributed by atoms with Gasteiger partial charge < -0.3 is 20.1 Å². The van der Waals surface area contributed by atoms with Gasteiger partial charge in [0, 0.05) is 19.7 Å². The molecule has 1 unspecified atom stereocenters. The Hall–Kier alpha value is -2.17. The molecule has 29 heavy (non-hydrogen) atoms. The number of likely N-dealkylation sites (tertiary alicyclic amines) is 1. The summed E-state index contributed by atoms with van der Waals surface area (Å²) in [7, 11) is -2.37. The number of carboxylic acid groups (broad SMARTS) is 1. The monoisotopic (exact) mass is 427 g/mol. The van der Waals surface area contributed by atoms with Crippen LogP contribution in [0.1, 0.15) is 25.3 Å². The molecular formula is C19H29N3O6S. The van der Waals surface area contributed by atoms with Crippen LogP contribution in [0.2, 0.25) is 0 Å². The number of carbonyl (C=O) groups excluding carboxylic acids is 1. The Morgan fingerprint density at radius 3 is 2.55 bits per heavy atom. The normalized spacial score (nSPS) is 20.1. The summed E-state index contributed by atoms with van der Waals surface area (Å²) in [5.74, 6) is -1.48. The molecule has 1 aromatic rings. The van der Waals surface area contributed by atoms with Gasteiger partial charge in [0.25, 0.3) is 0 Å². The number of amides is 2. The second kappa shape index (κ2) is 10.0. The number of methoxy groups -OCH3 is 1. The molecule has 4 atom stereocenters. The lowest BCUT2D eigenvalue weighted by atomic mass is 9.94. The largest absolute Gasteiger partial charge is 0.465 e. The van der Waals surface area contributed by atoms with Crippen LogP contribution < -0.4 is 10.5 Å². The van der Waals surface area contributed by atoms with Crippen molar-refractivity contribution in [1.82, 2.24) is 10.2 Å². The Morgan fingerprint density at radius 2 is 2.00 bits per heavy atom. The molecule has 1 aliphatic heterocycles. The quantitative estimate of drug-likeness (QED) is 0.533. The van der Waals surface area contributed by atoms with Gasteiger partial charge in [-0.3, -0.25) is 4.79 Å². The van der Waals surface area contributed by atoms with Crippen molar-refractivity contribution in [2.45, 2.75) is 44.4 Å². The Morgan fingerprint density at radius 1 is 1.34 bits per heavy atom. The van der Waals surface area contributed by atoms with E-state index in [4.69, 9.17) is 9.88 Å². The van der Waals surface area contributed by atoms with Crippen LogP contribution in [0, 0.1) is 5.92 Å². The zero-order valence-electron chi connectivity index (χ0n) is 16.7. The number of sulfonamides is 1. The Labute approximate surface area is 171 Å². The molecule has 1 aliphatic rings. The third-order valence-corrected chi connectivity index (χ3v) is 6.07. The Bertz CT molecular complexity index is 801. The van der Waals surface area contributed by atoms with Crippen LogP contribution in [-0.4, -0.2) is 68.0 Å². The molecule has 0 radical (unpaired) electrons. The number of nitrogens with zero attached hydrogens (tertiary/aromatic N) is 1. The first kappa shape index (κ1) is 23.1. The third-order valence-electron chi connectivity index (χ3n) is 5.21. The summed E-state index contributed by atoms with van der Waals surface area (Å²) in [4.78, 5) is 25.6. The minimum Gasteiger partial charge on any atom is -0.465 e. The molecule has 10 heteroatoms. The van der Waals surface area contributed by atoms with Gasteiger partial charge in [-0.2, -0.15) is 0 Å². The SMILES string of the molecule is CO[C@@H](C1CCCN1C(=O)O)[C@@H](C)C(=O)N[C@@H](Cc1ccccc1)CS(N)(=O)=O. The van der Waals surface area contributed by atoms with Crippen LogP contribution in [0.25, 0.3) is 0 Å². The van der Waals surface area contributed by atoms with Gasteiger partial charge in [0.05, 0.1) is 23.8 Å². The predicted octanol–water partition coefficient (Wildman–Crippen LogP) is 0.796. The molecule has 2 rings (SSSR count). The van der Waals surface area contributed by atoms with Gasteiger partial charge in [-0.25, -0.2) is 18.4 Å². The number of carbonyl (C=O) groups is 2. The molecule has 162 valence electrons. The summed E-state index contributed by atoms with van der Waals surface area (Å²) in [5.41, 5.74) is 0.866. The molecule has 1 fully saturated rings. The number of hydrogen-bond donors (Lipinski definition) is 3. The van der Waals surface area contributed by atoms with Gasteiger partial charge in [0.1, 0.15) is 0 Å². The molecule has 0 aromatic heterocycles. The second-order valence-corrected chi connectivity index (χ2v) is 9.06. The molecule has 0 aliphatic carbocycles. The Balaban J connectivity index is 2.12. The number of benzene rings is 1. The van der Waals surface area contributed by atoms with Crippen molar-refractivity contribution in [1.29, 1.82) is 0 Å². The highest BCUT2D eigenvalue weighted by atomic mass is 32.2. The highest BCUT2D eigenvalue weighted by Gasteiger charge is 2.40. The fraction of sp³-hybridized carbons (Fsp3) is 0.579. The van der Waals surface area contributed by atoms with E-state index in [1.165, 1.54) is 12.0 Å². The molecule has 0 bridgehead atoms. The lowest BCUT2D eigenvalue weighted by Crippen LogP contribution is -2.52. The van der Waals surface area contributed by atoms with Crippen molar-refractivity contribution in [3.8, 4) is 0 Å². The molecule has 2 amide bonds. The number of primary sulfonamides is 1.